The van der Waals surface area contributed by atoms with Crippen LogP contribution in [0.4, 0.5) is 0 Å². The molecule has 3 heteroatoms. The third-order valence-corrected chi connectivity index (χ3v) is 0.984. The van der Waals surface area contributed by atoms with E-state index in [-0.39, 0.29) is 0 Å². The first-order valence-electron chi connectivity index (χ1n) is 2.83. The van der Waals surface area contributed by atoms with Crippen molar-refractivity contribution < 1.29 is 4.74 Å². The van der Waals surface area contributed by atoms with Crippen LogP contribution in [0.25, 0.3) is 0 Å². The van der Waals surface area contributed by atoms with E-state index in [4.69, 9.17) is 4.74 Å². The minimum Gasteiger partial charge on any atom is -0.375 e. The van der Waals surface area contributed by atoms with Crippen molar-refractivity contribution >= 4 is 15.9 Å². The number of hydrogen-bond donors (Lipinski definition) is 1. The molecule has 1 N–H and O–H groups in total. The Hall–Kier alpha value is 0.140. The van der Waals surface area contributed by atoms with Crippen LogP contribution in [0.15, 0.2) is 11.1 Å². The number of likely N-dealkylation sites (N-methyl/N-ethyl adjacent to an activating group) is 1. The monoisotopic (exact) mass is 193 g/mol. The van der Waals surface area contributed by atoms with Gasteiger partial charge in [-0.1, -0.05) is 22.5 Å². The van der Waals surface area contributed by atoms with Crippen molar-refractivity contribution in [3.05, 3.63) is 11.1 Å². The molecular formula is C6H12BrNO. The SMILES string of the molecule is C=C(Br)COCCNC. The second kappa shape index (κ2) is 6.26. The zero-order valence-electron chi connectivity index (χ0n) is 5.61. The molecule has 0 aliphatic heterocycles. The van der Waals surface area contributed by atoms with E-state index >= 15 is 0 Å². The number of rotatable bonds is 5. The maximum absolute atomic E-state index is 5.13. The minimum atomic E-state index is 0.599. The zero-order chi connectivity index (χ0) is 7.11. The fourth-order valence-corrected chi connectivity index (χ4v) is 0.519. The van der Waals surface area contributed by atoms with E-state index in [1.54, 1.807) is 0 Å². The van der Waals surface area contributed by atoms with E-state index < -0.39 is 0 Å². The average molecular weight is 194 g/mol. The Bertz CT molecular complexity index is 85.1. The Morgan fingerprint density at radius 3 is 2.89 bits per heavy atom. The lowest BCUT2D eigenvalue weighted by molar-refractivity contribution is 0.164. The van der Waals surface area contributed by atoms with Gasteiger partial charge in [0, 0.05) is 11.0 Å². The van der Waals surface area contributed by atoms with Crippen molar-refractivity contribution in [3.8, 4) is 0 Å². The quantitative estimate of drug-likeness (QED) is 0.662. The summed E-state index contributed by atoms with van der Waals surface area (Å²) in [6.07, 6.45) is 0. The van der Waals surface area contributed by atoms with Crippen LogP contribution in [0.3, 0.4) is 0 Å². The molecule has 54 valence electrons. The Kier molecular flexibility index (Phi) is 6.36. The summed E-state index contributed by atoms with van der Waals surface area (Å²) >= 11 is 3.19. The van der Waals surface area contributed by atoms with E-state index in [0.717, 1.165) is 17.6 Å². The first kappa shape index (κ1) is 9.14. The Morgan fingerprint density at radius 1 is 1.78 bits per heavy atom. The van der Waals surface area contributed by atoms with Crippen LogP contribution in [-0.4, -0.2) is 26.8 Å². The summed E-state index contributed by atoms with van der Waals surface area (Å²) in [5.41, 5.74) is 0. The van der Waals surface area contributed by atoms with Crippen LogP contribution in [0.1, 0.15) is 0 Å². The van der Waals surface area contributed by atoms with E-state index in [0.29, 0.717) is 6.61 Å². The molecular weight excluding hydrogens is 182 g/mol. The number of ether oxygens (including phenoxy) is 1. The minimum absolute atomic E-state index is 0.599. The van der Waals surface area contributed by atoms with Gasteiger partial charge in [0.25, 0.3) is 0 Å². The topological polar surface area (TPSA) is 21.3 Å². The molecule has 0 fully saturated rings. The molecule has 0 aliphatic carbocycles. The summed E-state index contributed by atoms with van der Waals surface area (Å²) in [6, 6.07) is 0. The van der Waals surface area contributed by atoms with Crippen LogP contribution in [0.2, 0.25) is 0 Å². The molecule has 0 saturated carbocycles. The van der Waals surface area contributed by atoms with Crippen molar-refractivity contribution in [2.45, 2.75) is 0 Å². The van der Waals surface area contributed by atoms with Gasteiger partial charge in [-0.15, -0.1) is 0 Å². The molecule has 0 saturated heterocycles. The fourth-order valence-electron chi connectivity index (χ4n) is 0.357. The predicted molar refractivity (Wildman–Crippen MR) is 42.8 cm³/mol. The van der Waals surface area contributed by atoms with E-state index in [9.17, 15) is 0 Å². The molecule has 0 amide bonds. The molecule has 9 heavy (non-hydrogen) atoms. The summed E-state index contributed by atoms with van der Waals surface area (Å²) in [7, 11) is 1.90. The normalized spacial score (nSPS) is 9.56. The van der Waals surface area contributed by atoms with Gasteiger partial charge in [-0.25, -0.2) is 0 Å². The van der Waals surface area contributed by atoms with Crippen LogP contribution in [0.5, 0.6) is 0 Å². The van der Waals surface area contributed by atoms with Crippen LogP contribution < -0.4 is 5.32 Å². The second-order valence-electron chi connectivity index (χ2n) is 1.67. The summed E-state index contributed by atoms with van der Waals surface area (Å²) in [6.45, 7) is 5.85. The molecule has 0 bridgehead atoms. The van der Waals surface area contributed by atoms with Gasteiger partial charge in [-0.3, -0.25) is 0 Å². The van der Waals surface area contributed by atoms with Gasteiger partial charge in [0.15, 0.2) is 0 Å². The molecule has 0 aromatic carbocycles. The summed E-state index contributed by atoms with van der Waals surface area (Å²) < 4.78 is 6.01. The van der Waals surface area contributed by atoms with Gasteiger partial charge in [0.05, 0.1) is 13.2 Å². The lowest BCUT2D eigenvalue weighted by Crippen LogP contribution is -2.14. The largest absolute Gasteiger partial charge is 0.375 e. The summed E-state index contributed by atoms with van der Waals surface area (Å²) in [5.74, 6) is 0. The smallest absolute Gasteiger partial charge is 0.0776 e. The molecule has 0 aromatic rings. The molecule has 0 spiro atoms. The summed E-state index contributed by atoms with van der Waals surface area (Å²) in [4.78, 5) is 0. The third kappa shape index (κ3) is 8.14. The van der Waals surface area contributed by atoms with Gasteiger partial charge >= 0.3 is 0 Å². The maximum Gasteiger partial charge on any atom is 0.0776 e. The Balaban J connectivity index is 2.83. The lowest BCUT2D eigenvalue weighted by Gasteiger charge is -2.00. The van der Waals surface area contributed by atoms with Gasteiger partial charge in [0.2, 0.25) is 0 Å². The molecule has 0 atom stereocenters. The van der Waals surface area contributed by atoms with Gasteiger partial charge in [0.1, 0.15) is 0 Å². The van der Waals surface area contributed by atoms with E-state index in [1.807, 2.05) is 7.05 Å². The molecule has 2 nitrogen and oxygen atoms in total. The first-order chi connectivity index (χ1) is 4.27. The molecule has 0 heterocycles. The van der Waals surface area contributed by atoms with Crippen LogP contribution in [0, 0.1) is 0 Å². The van der Waals surface area contributed by atoms with Crippen molar-refractivity contribution in [2.24, 2.45) is 0 Å². The highest BCUT2D eigenvalue weighted by atomic mass is 79.9. The number of nitrogens with one attached hydrogen (secondary N) is 1. The second-order valence-corrected chi connectivity index (χ2v) is 2.79. The van der Waals surface area contributed by atoms with Crippen molar-refractivity contribution in [3.63, 3.8) is 0 Å². The maximum atomic E-state index is 5.13. The predicted octanol–water partition coefficient (Wildman–Crippen LogP) is 1.13. The lowest BCUT2D eigenvalue weighted by atomic mass is 10.6. The van der Waals surface area contributed by atoms with Crippen LogP contribution >= 0.6 is 15.9 Å². The van der Waals surface area contributed by atoms with Crippen molar-refractivity contribution in [2.75, 3.05) is 26.8 Å². The Labute approximate surface area is 64.4 Å². The molecule has 0 radical (unpaired) electrons. The van der Waals surface area contributed by atoms with Crippen molar-refractivity contribution in [1.29, 1.82) is 0 Å². The van der Waals surface area contributed by atoms with E-state index in [2.05, 4.69) is 27.8 Å². The molecule has 0 rings (SSSR count). The first-order valence-corrected chi connectivity index (χ1v) is 3.62. The number of halogens is 1. The fraction of sp³-hybridized carbons (Fsp3) is 0.667. The van der Waals surface area contributed by atoms with Gasteiger partial charge in [-0.2, -0.15) is 0 Å². The van der Waals surface area contributed by atoms with Gasteiger partial charge in [-0.05, 0) is 7.05 Å². The highest BCUT2D eigenvalue weighted by Crippen LogP contribution is 1.98. The van der Waals surface area contributed by atoms with E-state index in [1.165, 1.54) is 0 Å². The van der Waals surface area contributed by atoms with Gasteiger partial charge < -0.3 is 10.1 Å². The molecule has 0 aliphatic rings. The summed E-state index contributed by atoms with van der Waals surface area (Å²) in [5, 5.41) is 2.97. The van der Waals surface area contributed by atoms with Crippen LogP contribution in [-0.2, 0) is 4.74 Å². The van der Waals surface area contributed by atoms with Crippen molar-refractivity contribution in [1.82, 2.24) is 5.32 Å². The molecule has 0 aromatic heterocycles. The zero-order valence-corrected chi connectivity index (χ0v) is 7.20. The highest BCUT2D eigenvalue weighted by Gasteiger charge is 1.86. The highest BCUT2D eigenvalue weighted by molar-refractivity contribution is 9.11. The molecule has 0 unspecified atom stereocenters. The Morgan fingerprint density at radius 2 is 2.44 bits per heavy atom. The third-order valence-electron chi connectivity index (χ3n) is 0.755. The number of hydrogen-bond acceptors (Lipinski definition) is 2. The average Bonchev–Trinajstić information content (AvgIpc) is 1.80. The standard InChI is InChI=1S/C6H12BrNO/c1-6(7)5-9-4-3-8-2/h8H,1,3-5H2,2H3.